The van der Waals surface area contributed by atoms with Crippen molar-refractivity contribution in [2.45, 2.75) is 16.2 Å². The monoisotopic (exact) mass is 344 g/mol. The number of hydrogen-bond acceptors (Lipinski definition) is 6. The molecule has 1 aromatic heterocycles. The van der Waals surface area contributed by atoms with E-state index in [1.54, 1.807) is 42.5 Å². The molecule has 7 heteroatoms. The molecule has 0 spiro atoms. The second-order valence-corrected chi connectivity index (χ2v) is 7.77. The van der Waals surface area contributed by atoms with Gasteiger partial charge in [0.15, 0.2) is 0 Å². The largest absolute Gasteiger partial charge is 0.285 e. The van der Waals surface area contributed by atoms with Crippen molar-refractivity contribution < 1.29 is 13.2 Å². The summed E-state index contributed by atoms with van der Waals surface area (Å²) in [5, 5.41) is 0. The topological polar surface area (TPSA) is 77.0 Å². The number of aryl methyl sites for hydroxylation is 1. The Labute approximate surface area is 137 Å². The van der Waals surface area contributed by atoms with Crippen molar-refractivity contribution in [2.75, 3.05) is 0 Å². The van der Waals surface area contributed by atoms with Gasteiger partial charge in [0.2, 0.25) is 25.8 Å². The van der Waals surface area contributed by atoms with Crippen LogP contribution in [-0.2, 0) is 9.84 Å². The Kier molecular flexibility index (Phi) is 4.06. The number of nitrogens with zero attached hydrogens (tertiary/aromatic N) is 2. The van der Waals surface area contributed by atoms with Crippen molar-refractivity contribution in [1.29, 1.82) is 0 Å². The molecule has 0 aliphatic rings. The van der Waals surface area contributed by atoms with Crippen LogP contribution in [0.2, 0.25) is 0 Å². The summed E-state index contributed by atoms with van der Waals surface area (Å²) in [5.41, 5.74) is 1.38. The fourth-order valence-corrected chi connectivity index (χ4v) is 4.06. The number of aromatic nitrogens is 2. The van der Waals surface area contributed by atoms with Crippen molar-refractivity contribution >= 4 is 27.2 Å². The Hall–Kier alpha value is -2.38. The lowest BCUT2D eigenvalue weighted by atomic mass is 10.1. The van der Waals surface area contributed by atoms with Gasteiger partial charge in [-0.05, 0) is 30.6 Å². The van der Waals surface area contributed by atoms with Crippen molar-refractivity contribution in [3.63, 3.8) is 0 Å². The lowest BCUT2D eigenvalue weighted by molar-refractivity contribution is 0.103. The van der Waals surface area contributed by atoms with Gasteiger partial charge in [-0.2, -0.15) is 4.37 Å². The van der Waals surface area contributed by atoms with Crippen LogP contribution in [0.5, 0.6) is 0 Å². The van der Waals surface area contributed by atoms with Crippen LogP contribution >= 0.6 is 11.5 Å². The van der Waals surface area contributed by atoms with E-state index in [1.807, 2.05) is 6.92 Å². The first-order valence-corrected chi connectivity index (χ1v) is 8.99. The van der Waals surface area contributed by atoms with Crippen LogP contribution in [0.25, 0.3) is 0 Å². The second kappa shape index (κ2) is 6.02. The SMILES string of the molecule is Cc1ccc(S(=O)(=O)c2nc(C(=O)c3ccccc3)ns2)cc1. The van der Waals surface area contributed by atoms with Crippen LogP contribution in [0.4, 0.5) is 0 Å². The highest BCUT2D eigenvalue weighted by atomic mass is 32.2. The van der Waals surface area contributed by atoms with Gasteiger partial charge in [-0.15, -0.1) is 0 Å². The minimum Gasteiger partial charge on any atom is -0.285 e. The van der Waals surface area contributed by atoms with E-state index >= 15 is 0 Å². The van der Waals surface area contributed by atoms with E-state index in [-0.39, 0.29) is 15.1 Å². The molecule has 0 bridgehead atoms. The van der Waals surface area contributed by atoms with Gasteiger partial charge in [-0.3, -0.25) is 4.79 Å². The van der Waals surface area contributed by atoms with Crippen LogP contribution in [0.15, 0.2) is 63.8 Å². The number of sulfone groups is 1. The number of ketones is 1. The quantitative estimate of drug-likeness (QED) is 0.680. The van der Waals surface area contributed by atoms with E-state index in [2.05, 4.69) is 9.36 Å². The molecule has 3 rings (SSSR count). The van der Waals surface area contributed by atoms with Crippen molar-refractivity contribution in [3.05, 3.63) is 71.5 Å². The number of carbonyl (C=O) groups excluding carboxylic acids is 1. The first kappa shape index (κ1) is 15.5. The fraction of sp³-hybridized carbons (Fsp3) is 0.0625. The molecule has 2 aromatic carbocycles. The van der Waals surface area contributed by atoms with Gasteiger partial charge >= 0.3 is 0 Å². The van der Waals surface area contributed by atoms with Crippen molar-refractivity contribution in [1.82, 2.24) is 9.36 Å². The van der Waals surface area contributed by atoms with E-state index < -0.39 is 15.6 Å². The van der Waals surface area contributed by atoms with Crippen molar-refractivity contribution in [3.8, 4) is 0 Å². The van der Waals surface area contributed by atoms with E-state index in [0.29, 0.717) is 17.1 Å². The van der Waals surface area contributed by atoms with E-state index in [1.165, 1.54) is 12.1 Å². The average molecular weight is 344 g/mol. The lowest BCUT2D eigenvalue weighted by Gasteiger charge is -2.00. The first-order chi connectivity index (χ1) is 11.0. The minimum atomic E-state index is -3.76. The summed E-state index contributed by atoms with van der Waals surface area (Å²) in [6.07, 6.45) is 0. The minimum absolute atomic E-state index is 0.105. The highest BCUT2D eigenvalue weighted by Crippen LogP contribution is 2.23. The molecule has 0 atom stereocenters. The molecule has 0 radical (unpaired) electrons. The van der Waals surface area contributed by atoms with Gasteiger partial charge in [0.05, 0.1) is 4.90 Å². The maximum Gasteiger partial charge on any atom is 0.235 e. The van der Waals surface area contributed by atoms with E-state index in [9.17, 15) is 13.2 Å². The molecule has 0 unspecified atom stereocenters. The van der Waals surface area contributed by atoms with Gasteiger partial charge in [0.1, 0.15) is 0 Å². The Bertz CT molecular complexity index is 947. The second-order valence-electron chi connectivity index (χ2n) is 4.90. The van der Waals surface area contributed by atoms with Crippen LogP contribution in [0.1, 0.15) is 21.7 Å². The molecular weight excluding hydrogens is 332 g/mol. The molecule has 1 heterocycles. The maximum absolute atomic E-state index is 12.5. The van der Waals surface area contributed by atoms with Gasteiger partial charge in [-0.1, -0.05) is 48.0 Å². The Morgan fingerprint density at radius 2 is 1.65 bits per heavy atom. The predicted octanol–water partition coefficient (Wildman–Crippen LogP) is 2.91. The van der Waals surface area contributed by atoms with Gasteiger partial charge in [-0.25, -0.2) is 13.4 Å². The highest BCUT2D eigenvalue weighted by molar-refractivity contribution is 7.93. The third kappa shape index (κ3) is 3.06. The number of carbonyl (C=O) groups is 1. The summed E-state index contributed by atoms with van der Waals surface area (Å²) in [6.45, 7) is 1.87. The summed E-state index contributed by atoms with van der Waals surface area (Å²) >= 11 is 0.709. The summed E-state index contributed by atoms with van der Waals surface area (Å²) in [7, 11) is -3.76. The standard InChI is InChI=1S/C16H12N2O3S2/c1-11-7-9-13(10-8-11)23(20,21)16-17-15(18-22-16)14(19)12-5-3-2-4-6-12/h2-10H,1H3. The van der Waals surface area contributed by atoms with E-state index in [0.717, 1.165) is 5.56 Å². The van der Waals surface area contributed by atoms with Gasteiger partial charge in [0, 0.05) is 5.56 Å². The molecule has 3 aromatic rings. The Morgan fingerprint density at radius 3 is 2.30 bits per heavy atom. The third-order valence-electron chi connectivity index (χ3n) is 3.21. The summed E-state index contributed by atoms with van der Waals surface area (Å²) in [5.74, 6) is -0.501. The van der Waals surface area contributed by atoms with Crippen LogP contribution in [0.3, 0.4) is 0 Å². The van der Waals surface area contributed by atoms with E-state index in [4.69, 9.17) is 0 Å². The molecule has 0 N–H and O–H groups in total. The van der Waals surface area contributed by atoms with Crippen LogP contribution < -0.4 is 0 Å². The van der Waals surface area contributed by atoms with Gasteiger partial charge in [0.25, 0.3) is 0 Å². The Balaban J connectivity index is 1.95. The Morgan fingerprint density at radius 1 is 1.00 bits per heavy atom. The maximum atomic E-state index is 12.5. The molecule has 0 saturated heterocycles. The first-order valence-electron chi connectivity index (χ1n) is 6.74. The third-order valence-corrected chi connectivity index (χ3v) is 6.05. The lowest BCUT2D eigenvalue weighted by Crippen LogP contribution is -2.05. The van der Waals surface area contributed by atoms with Crippen molar-refractivity contribution in [2.24, 2.45) is 0 Å². The molecule has 5 nitrogen and oxygen atoms in total. The van der Waals surface area contributed by atoms with Gasteiger partial charge < -0.3 is 0 Å². The highest BCUT2D eigenvalue weighted by Gasteiger charge is 2.25. The summed E-state index contributed by atoms with van der Waals surface area (Å²) in [6, 6.07) is 15.0. The molecule has 0 amide bonds. The smallest absolute Gasteiger partial charge is 0.235 e. The fourth-order valence-electron chi connectivity index (χ4n) is 1.95. The molecule has 116 valence electrons. The summed E-state index contributed by atoms with van der Waals surface area (Å²) in [4.78, 5) is 16.3. The number of benzene rings is 2. The predicted molar refractivity (Wildman–Crippen MR) is 86.4 cm³/mol. The molecule has 23 heavy (non-hydrogen) atoms. The zero-order chi connectivity index (χ0) is 16.4. The van der Waals surface area contributed by atoms with Crippen LogP contribution in [0, 0.1) is 6.92 Å². The summed E-state index contributed by atoms with van der Waals surface area (Å²) < 4.78 is 28.8. The number of hydrogen-bond donors (Lipinski definition) is 0. The molecule has 0 fully saturated rings. The molecular formula is C16H12N2O3S2. The average Bonchev–Trinajstić information content (AvgIpc) is 3.06. The molecule has 0 aliphatic heterocycles. The molecule has 0 aliphatic carbocycles. The number of rotatable bonds is 4. The molecule has 0 saturated carbocycles. The zero-order valence-electron chi connectivity index (χ0n) is 12.1. The van der Waals surface area contributed by atoms with Crippen LogP contribution in [-0.4, -0.2) is 23.6 Å². The zero-order valence-corrected chi connectivity index (χ0v) is 13.8. The normalized spacial score (nSPS) is 11.3.